The van der Waals surface area contributed by atoms with Crippen LogP contribution >= 0.6 is 0 Å². The van der Waals surface area contributed by atoms with Crippen molar-refractivity contribution in [2.24, 2.45) is 0 Å². The second-order valence-electron chi connectivity index (χ2n) is 5.83. The normalized spacial score (nSPS) is 10.9. The Hall–Kier alpha value is -3.55. The largest absolute Gasteiger partial charge is 0.340 e. The van der Waals surface area contributed by atoms with Crippen molar-refractivity contribution in [1.82, 2.24) is 29.9 Å². The second-order valence-corrected chi connectivity index (χ2v) is 5.83. The quantitative estimate of drug-likeness (QED) is 0.588. The summed E-state index contributed by atoms with van der Waals surface area (Å²) in [6.45, 7) is 3.77. The van der Waals surface area contributed by atoms with Crippen molar-refractivity contribution in [3.63, 3.8) is 0 Å². The maximum atomic E-state index is 14.0. The van der Waals surface area contributed by atoms with E-state index >= 15 is 0 Å². The minimum Gasteiger partial charge on any atom is -0.340 e. The summed E-state index contributed by atoms with van der Waals surface area (Å²) in [5.41, 5.74) is 2.85. The third-order valence-corrected chi connectivity index (χ3v) is 3.92. The van der Waals surface area contributed by atoms with Crippen molar-refractivity contribution in [2.75, 3.05) is 5.32 Å². The summed E-state index contributed by atoms with van der Waals surface area (Å²) < 4.78 is 15.8. The number of rotatable bonds is 4. The molecule has 2 N–H and O–H groups in total. The van der Waals surface area contributed by atoms with Gasteiger partial charge in [-0.3, -0.25) is 5.10 Å². The monoisotopic (exact) mass is 349 g/mol. The molecule has 0 aliphatic carbocycles. The Morgan fingerprint density at radius 1 is 1.12 bits per heavy atom. The number of hydrogen-bond donors (Lipinski definition) is 2. The molecule has 0 spiro atoms. The number of pyridine rings is 1. The minimum atomic E-state index is -0.399. The number of aromatic amines is 1. The van der Waals surface area contributed by atoms with Gasteiger partial charge in [0.2, 0.25) is 0 Å². The Kier molecular flexibility index (Phi) is 3.92. The molecule has 26 heavy (non-hydrogen) atoms. The van der Waals surface area contributed by atoms with Gasteiger partial charge in [-0.25, -0.2) is 19.0 Å². The number of benzene rings is 1. The van der Waals surface area contributed by atoms with Gasteiger partial charge in [0.15, 0.2) is 0 Å². The molecule has 8 heteroatoms. The molecular weight excluding hydrogens is 333 g/mol. The zero-order chi connectivity index (χ0) is 18.1. The number of halogens is 1. The lowest BCUT2D eigenvalue weighted by Gasteiger charge is -2.09. The fourth-order valence-electron chi connectivity index (χ4n) is 2.73. The van der Waals surface area contributed by atoms with Gasteiger partial charge in [0.1, 0.15) is 23.3 Å². The van der Waals surface area contributed by atoms with Gasteiger partial charge in [0.25, 0.3) is 0 Å². The molecule has 0 aliphatic heterocycles. The molecular formula is C18H16FN7. The highest BCUT2D eigenvalue weighted by Gasteiger charge is 2.09. The van der Waals surface area contributed by atoms with Crippen LogP contribution in [0.1, 0.15) is 11.6 Å². The van der Waals surface area contributed by atoms with E-state index in [-0.39, 0.29) is 0 Å². The SMILES string of the molecule is Cc1nc(C)n(-c2ccc(Nc3cc(-c4cn[nH]c4)c(F)cn3)cc2)n1. The first-order valence-electron chi connectivity index (χ1n) is 8.02. The highest BCUT2D eigenvalue weighted by molar-refractivity contribution is 5.68. The van der Waals surface area contributed by atoms with Crippen LogP contribution in [0.2, 0.25) is 0 Å². The van der Waals surface area contributed by atoms with Crippen LogP contribution in [0.25, 0.3) is 16.8 Å². The molecule has 3 heterocycles. The van der Waals surface area contributed by atoms with E-state index < -0.39 is 5.82 Å². The predicted octanol–water partition coefficient (Wildman–Crippen LogP) is 3.55. The van der Waals surface area contributed by atoms with E-state index in [0.29, 0.717) is 16.9 Å². The Morgan fingerprint density at radius 2 is 1.92 bits per heavy atom. The molecule has 0 fully saturated rings. The zero-order valence-electron chi connectivity index (χ0n) is 14.2. The number of nitrogens with one attached hydrogen (secondary N) is 2. The van der Waals surface area contributed by atoms with Gasteiger partial charge < -0.3 is 5.32 Å². The molecule has 4 aromatic rings. The van der Waals surface area contributed by atoms with E-state index in [2.05, 4.69) is 30.6 Å². The van der Waals surface area contributed by atoms with Crippen molar-refractivity contribution >= 4 is 11.5 Å². The molecule has 3 aromatic heterocycles. The summed E-state index contributed by atoms with van der Waals surface area (Å²) in [6.07, 6.45) is 4.40. The van der Waals surface area contributed by atoms with Gasteiger partial charge >= 0.3 is 0 Å². The lowest BCUT2D eigenvalue weighted by molar-refractivity contribution is 0.625. The van der Waals surface area contributed by atoms with Crippen LogP contribution in [0.3, 0.4) is 0 Å². The summed E-state index contributed by atoms with van der Waals surface area (Å²) >= 11 is 0. The van der Waals surface area contributed by atoms with Crippen LogP contribution in [0.15, 0.2) is 48.9 Å². The maximum Gasteiger partial charge on any atom is 0.149 e. The van der Waals surface area contributed by atoms with Gasteiger partial charge in [-0.1, -0.05) is 0 Å². The van der Waals surface area contributed by atoms with Crippen LogP contribution in [0.5, 0.6) is 0 Å². The van der Waals surface area contributed by atoms with Crippen LogP contribution < -0.4 is 5.32 Å². The van der Waals surface area contributed by atoms with E-state index in [9.17, 15) is 4.39 Å². The van der Waals surface area contributed by atoms with Crippen molar-refractivity contribution in [3.05, 3.63) is 66.4 Å². The van der Waals surface area contributed by atoms with Crippen molar-refractivity contribution in [3.8, 4) is 16.8 Å². The van der Waals surface area contributed by atoms with Gasteiger partial charge in [-0.05, 0) is 44.2 Å². The number of anilines is 2. The molecule has 7 nitrogen and oxygen atoms in total. The lowest BCUT2D eigenvalue weighted by Crippen LogP contribution is -2.00. The average molecular weight is 349 g/mol. The van der Waals surface area contributed by atoms with Crippen LogP contribution in [0.4, 0.5) is 15.9 Å². The zero-order valence-corrected chi connectivity index (χ0v) is 14.2. The molecule has 0 atom stereocenters. The molecule has 0 unspecified atom stereocenters. The molecule has 0 aliphatic rings. The summed E-state index contributed by atoms with van der Waals surface area (Å²) in [4.78, 5) is 8.40. The average Bonchev–Trinajstić information content (AvgIpc) is 3.27. The Labute approximate surface area is 148 Å². The highest BCUT2D eigenvalue weighted by Crippen LogP contribution is 2.25. The van der Waals surface area contributed by atoms with Gasteiger partial charge in [-0.15, -0.1) is 0 Å². The first kappa shape index (κ1) is 15.9. The number of nitrogens with zero attached hydrogens (tertiary/aromatic N) is 5. The topological polar surface area (TPSA) is 84.3 Å². The van der Waals surface area contributed by atoms with E-state index in [4.69, 9.17) is 0 Å². The van der Waals surface area contributed by atoms with Crippen molar-refractivity contribution < 1.29 is 4.39 Å². The lowest BCUT2D eigenvalue weighted by atomic mass is 10.1. The molecule has 0 amide bonds. The molecule has 1 aromatic carbocycles. The number of aryl methyl sites for hydroxylation is 2. The third-order valence-electron chi connectivity index (χ3n) is 3.92. The third kappa shape index (κ3) is 3.04. The summed E-state index contributed by atoms with van der Waals surface area (Å²) in [5.74, 6) is 1.70. The van der Waals surface area contributed by atoms with Crippen molar-refractivity contribution in [1.29, 1.82) is 0 Å². The fraction of sp³-hybridized carbons (Fsp3) is 0.111. The van der Waals surface area contributed by atoms with E-state index in [1.165, 1.54) is 6.20 Å². The van der Waals surface area contributed by atoms with Crippen LogP contribution in [-0.4, -0.2) is 29.9 Å². The molecule has 130 valence electrons. The van der Waals surface area contributed by atoms with Gasteiger partial charge in [-0.2, -0.15) is 10.2 Å². The predicted molar refractivity (Wildman–Crippen MR) is 95.9 cm³/mol. The standard InChI is InChI=1S/C18H16FN7/c1-11-23-12(2)26(25-11)15-5-3-14(4-6-15)24-18-7-16(17(19)10-20-18)13-8-21-22-9-13/h3-10H,1-2H3,(H,20,24)(H,21,22). The first-order valence-corrected chi connectivity index (χ1v) is 8.02. The maximum absolute atomic E-state index is 14.0. The molecule has 0 saturated heterocycles. The molecule has 0 bridgehead atoms. The smallest absolute Gasteiger partial charge is 0.149 e. The van der Waals surface area contributed by atoms with Crippen LogP contribution in [0, 0.1) is 19.7 Å². The van der Waals surface area contributed by atoms with Gasteiger partial charge in [0, 0.05) is 23.0 Å². The van der Waals surface area contributed by atoms with E-state index in [1.807, 2.05) is 38.1 Å². The molecule has 0 saturated carbocycles. The number of H-pyrrole nitrogens is 1. The Bertz CT molecular complexity index is 1040. The summed E-state index contributed by atoms with van der Waals surface area (Å²) in [6, 6.07) is 9.34. The van der Waals surface area contributed by atoms with Gasteiger partial charge in [0.05, 0.1) is 18.1 Å². The first-order chi connectivity index (χ1) is 12.6. The Morgan fingerprint density at radius 3 is 2.58 bits per heavy atom. The summed E-state index contributed by atoms with van der Waals surface area (Å²) in [7, 11) is 0. The van der Waals surface area contributed by atoms with E-state index in [0.717, 1.165) is 23.0 Å². The highest BCUT2D eigenvalue weighted by atomic mass is 19.1. The second kappa shape index (κ2) is 6.40. The summed E-state index contributed by atoms with van der Waals surface area (Å²) in [5, 5.41) is 14.1. The molecule has 0 radical (unpaired) electrons. The Balaban J connectivity index is 1.58. The fourth-order valence-corrected chi connectivity index (χ4v) is 2.73. The number of aromatic nitrogens is 6. The van der Waals surface area contributed by atoms with Crippen LogP contribution in [-0.2, 0) is 0 Å². The van der Waals surface area contributed by atoms with E-state index in [1.54, 1.807) is 23.1 Å². The van der Waals surface area contributed by atoms with Crippen molar-refractivity contribution in [2.45, 2.75) is 13.8 Å². The number of hydrogen-bond acceptors (Lipinski definition) is 5. The minimum absolute atomic E-state index is 0.399. The molecule has 4 rings (SSSR count).